The van der Waals surface area contributed by atoms with E-state index in [0.717, 1.165) is 5.69 Å². The molecule has 0 saturated heterocycles. The minimum absolute atomic E-state index is 0.000647. The van der Waals surface area contributed by atoms with Gasteiger partial charge >= 0.3 is 5.97 Å². The number of carbonyl (C=O) groups is 1. The molecule has 0 amide bonds. The lowest BCUT2D eigenvalue weighted by Crippen LogP contribution is -2.07. The summed E-state index contributed by atoms with van der Waals surface area (Å²) in [7, 11) is 0. The molecule has 1 aromatic heterocycles. The molecule has 0 fully saturated rings. The van der Waals surface area contributed by atoms with Crippen molar-refractivity contribution >= 4 is 17.7 Å². The van der Waals surface area contributed by atoms with Crippen LogP contribution in [-0.4, -0.2) is 33.0 Å². The van der Waals surface area contributed by atoms with Gasteiger partial charge in [-0.3, -0.25) is 0 Å². The molecular formula is C10H13NO3S. The number of hydrogen-bond acceptors (Lipinski definition) is 4. The van der Waals surface area contributed by atoms with E-state index in [2.05, 4.69) is 4.98 Å². The smallest absolute Gasteiger partial charge is 0.338 e. The number of rotatable bonds is 4. The van der Waals surface area contributed by atoms with Crippen molar-refractivity contribution in [2.75, 3.05) is 6.61 Å². The Kier molecular flexibility index (Phi) is 4.11. The summed E-state index contributed by atoms with van der Waals surface area (Å²) in [6.07, 6.45) is 0. The predicted octanol–water partition coefficient (Wildman–Crippen LogP) is 1.56. The molecule has 5 heteroatoms. The molecule has 1 atom stereocenters. The number of aliphatic hydroxyl groups is 1. The van der Waals surface area contributed by atoms with Crippen LogP contribution in [0.4, 0.5) is 0 Å². The Labute approximate surface area is 92.3 Å². The number of carboxylic acids is 1. The molecule has 1 heterocycles. The summed E-state index contributed by atoms with van der Waals surface area (Å²) in [6, 6.07) is 3.20. The summed E-state index contributed by atoms with van der Waals surface area (Å²) in [5, 5.41) is 18.2. The van der Waals surface area contributed by atoms with E-state index in [4.69, 9.17) is 10.2 Å². The van der Waals surface area contributed by atoms with Crippen molar-refractivity contribution in [3.05, 3.63) is 23.4 Å². The van der Waals surface area contributed by atoms with Gasteiger partial charge < -0.3 is 10.2 Å². The first-order valence-electron chi connectivity index (χ1n) is 4.53. The van der Waals surface area contributed by atoms with Crippen LogP contribution < -0.4 is 0 Å². The number of nitrogens with zero attached hydrogens (tertiary/aromatic N) is 1. The van der Waals surface area contributed by atoms with Crippen molar-refractivity contribution < 1.29 is 15.0 Å². The fourth-order valence-electron chi connectivity index (χ4n) is 1.01. The van der Waals surface area contributed by atoms with E-state index in [1.807, 2.05) is 6.92 Å². The van der Waals surface area contributed by atoms with E-state index in [9.17, 15) is 4.79 Å². The van der Waals surface area contributed by atoms with E-state index < -0.39 is 5.97 Å². The fraction of sp³-hybridized carbons (Fsp3) is 0.400. The van der Waals surface area contributed by atoms with E-state index in [1.165, 1.54) is 17.8 Å². The molecule has 1 unspecified atom stereocenters. The second kappa shape index (κ2) is 5.14. The maximum atomic E-state index is 10.9. The molecule has 1 aromatic rings. The number of aryl methyl sites for hydroxylation is 1. The maximum absolute atomic E-state index is 10.9. The fourth-order valence-corrected chi connectivity index (χ4v) is 1.95. The molecule has 0 bridgehead atoms. The largest absolute Gasteiger partial charge is 0.478 e. The molecule has 0 saturated carbocycles. The monoisotopic (exact) mass is 227 g/mol. The highest BCUT2D eigenvalue weighted by molar-refractivity contribution is 7.99. The normalized spacial score (nSPS) is 12.5. The van der Waals surface area contributed by atoms with E-state index >= 15 is 0 Å². The molecule has 0 spiro atoms. The molecule has 0 aromatic carbocycles. The zero-order valence-electron chi connectivity index (χ0n) is 8.60. The van der Waals surface area contributed by atoms with Gasteiger partial charge in [-0.15, -0.1) is 11.8 Å². The lowest BCUT2D eigenvalue weighted by molar-refractivity contribution is 0.0692. The summed E-state index contributed by atoms with van der Waals surface area (Å²) in [6.45, 7) is 3.62. The molecule has 0 aliphatic carbocycles. The summed E-state index contributed by atoms with van der Waals surface area (Å²) in [5.74, 6) is -0.991. The highest BCUT2D eigenvalue weighted by Crippen LogP contribution is 2.25. The van der Waals surface area contributed by atoms with Crippen molar-refractivity contribution in [1.29, 1.82) is 0 Å². The van der Waals surface area contributed by atoms with Crippen LogP contribution >= 0.6 is 11.8 Å². The average molecular weight is 227 g/mol. The molecule has 4 nitrogen and oxygen atoms in total. The van der Waals surface area contributed by atoms with Gasteiger partial charge in [0.2, 0.25) is 0 Å². The Morgan fingerprint density at radius 2 is 2.27 bits per heavy atom. The number of aromatic nitrogens is 1. The van der Waals surface area contributed by atoms with Gasteiger partial charge in [-0.25, -0.2) is 9.78 Å². The van der Waals surface area contributed by atoms with Gasteiger partial charge in [0.1, 0.15) is 5.03 Å². The van der Waals surface area contributed by atoms with Gasteiger partial charge in [0, 0.05) is 10.9 Å². The van der Waals surface area contributed by atoms with Crippen molar-refractivity contribution in [2.24, 2.45) is 0 Å². The predicted molar refractivity (Wildman–Crippen MR) is 58.3 cm³/mol. The summed E-state index contributed by atoms with van der Waals surface area (Å²) >= 11 is 1.27. The van der Waals surface area contributed by atoms with Crippen LogP contribution in [0.3, 0.4) is 0 Å². The van der Waals surface area contributed by atoms with Gasteiger partial charge in [-0.2, -0.15) is 0 Å². The molecule has 15 heavy (non-hydrogen) atoms. The SMILES string of the molecule is Cc1ccc(C(=O)O)c(SC(C)CO)n1. The third-order valence-electron chi connectivity index (χ3n) is 1.80. The first-order chi connectivity index (χ1) is 7.04. The van der Waals surface area contributed by atoms with Gasteiger partial charge in [-0.05, 0) is 19.1 Å². The molecule has 1 rings (SSSR count). The number of carboxylic acid groups (broad SMARTS) is 1. The van der Waals surface area contributed by atoms with Gasteiger partial charge in [0.25, 0.3) is 0 Å². The molecular weight excluding hydrogens is 214 g/mol. The highest BCUT2D eigenvalue weighted by atomic mass is 32.2. The molecule has 82 valence electrons. The summed E-state index contributed by atoms with van der Waals surface area (Å²) in [4.78, 5) is 15.0. The molecule has 0 aliphatic rings. The van der Waals surface area contributed by atoms with E-state index in [-0.39, 0.29) is 17.4 Å². The van der Waals surface area contributed by atoms with Crippen LogP contribution in [-0.2, 0) is 0 Å². The van der Waals surface area contributed by atoms with Gasteiger partial charge in [-0.1, -0.05) is 6.92 Å². The Balaban J connectivity index is 3.02. The van der Waals surface area contributed by atoms with Crippen molar-refractivity contribution in [2.45, 2.75) is 24.1 Å². The number of pyridine rings is 1. The Hall–Kier alpha value is -1.07. The van der Waals surface area contributed by atoms with Crippen LogP contribution in [0.25, 0.3) is 0 Å². The van der Waals surface area contributed by atoms with Crippen LogP contribution in [0.2, 0.25) is 0 Å². The number of aliphatic hydroxyl groups excluding tert-OH is 1. The quantitative estimate of drug-likeness (QED) is 0.764. The zero-order chi connectivity index (χ0) is 11.4. The average Bonchev–Trinajstić information content (AvgIpc) is 2.17. The summed E-state index contributed by atoms with van der Waals surface area (Å²) < 4.78 is 0. The minimum atomic E-state index is -0.991. The molecule has 0 radical (unpaired) electrons. The topological polar surface area (TPSA) is 70.4 Å². The zero-order valence-corrected chi connectivity index (χ0v) is 9.41. The first-order valence-corrected chi connectivity index (χ1v) is 5.41. The van der Waals surface area contributed by atoms with Crippen LogP contribution in [0.15, 0.2) is 17.2 Å². The van der Waals surface area contributed by atoms with Crippen LogP contribution in [0.1, 0.15) is 23.0 Å². The van der Waals surface area contributed by atoms with E-state index in [0.29, 0.717) is 5.03 Å². The minimum Gasteiger partial charge on any atom is -0.478 e. The first kappa shape index (κ1) is 12.0. The summed E-state index contributed by atoms with van der Waals surface area (Å²) in [5.41, 5.74) is 0.957. The van der Waals surface area contributed by atoms with Crippen LogP contribution in [0, 0.1) is 6.92 Å². The second-order valence-corrected chi connectivity index (χ2v) is 4.65. The Morgan fingerprint density at radius 3 is 2.80 bits per heavy atom. The highest BCUT2D eigenvalue weighted by Gasteiger charge is 2.14. The lowest BCUT2D eigenvalue weighted by Gasteiger charge is -2.09. The Morgan fingerprint density at radius 1 is 1.60 bits per heavy atom. The second-order valence-electron chi connectivity index (χ2n) is 3.22. The third-order valence-corrected chi connectivity index (χ3v) is 2.89. The molecule has 2 N–H and O–H groups in total. The standard InChI is InChI=1S/C10H13NO3S/c1-6-3-4-8(10(13)14)9(11-6)15-7(2)5-12/h3-4,7,12H,5H2,1-2H3,(H,13,14). The van der Waals surface area contributed by atoms with Crippen molar-refractivity contribution in [1.82, 2.24) is 4.98 Å². The molecule has 0 aliphatic heterocycles. The third kappa shape index (κ3) is 3.21. The van der Waals surface area contributed by atoms with Crippen LogP contribution in [0.5, 0.6) is 0 Å². The van der Waals surface area contributed by atoms with Gasteiger partial charge in [0.05, 0.1) is 12.2 Å². The van der Waals surface area contributed by atoms with Gasteiger partial charge in [0.15, 0.2) is 0 Å². The lowest BCUT2D eigenvalue weighted by atomic mass is 10.2. The maximum Gasteiger partial charge on any atom is 0.338 e. The van der Waals surface area contributed by atoms with Crippen molar-refractivity contribution in [3.63, 3.8) is 0 Å². The number of thioether (sulfide) groups is 1. The van der Waals surface area contributed by atoms with Crippen molar-refractivity contribution in [3.8, 4) is 0 Å². The number of hydrogen-bond donors (Lipinski definition) is 2. The number of aromatic carboxylic acids is 1. The van der Waals surface area contributed by atoms with E-state index in [1.54, 1.807) is 13.0 Å². The Bertz CT molecular complexity index is 368.